The van der Waals surface area contributed by atoms with Gasteiger partial charge in [-0.1, -0.05) is 12.1 Å². The van der Waals surface area contributed by atoms with E-state index in [0.29, 0.717) is 0 Å². The normalized spacial score (nSPS) is 19.1. The second-order valence-corrected chi connectivity index (χ2v) is 3.97. The quantitative estimate of drug-likeness (QED) is 0.726. The van der Waals surface area contributed by atoms with Crippen molar-refractivity contribution in [2.24, 2.45) is 0 Å². The molecule has 1 unspecified atom stereocenters. The number of rotatable bonds is 1. The third kappa shape index (κ3) is 1.60. The van der Waals surface area contributed by atoms with Crippen molar-refractivity contribution in [2.75, 3.05) is 19.1 Å². The molecule has 4 nitrogen and oxygen atoms in total. The molecule has 0 radical (unpaired) electrons. The van der Waals surface area contributed by atoms with Crippen LogP contribution in [0, 0.1) is 0 Å². The number of carbonyl (C=O) groups excluding carboxylic acids is 1. The molecule has 0 fully saturated rings. The smallest absolute Gasteiger partial charge is 0.328 e. The number of methoxy groups -OCH3 is 1. The number of esters is 1. The number of nitrogens with zero attached hydrogens (tertiary/aromatic N) is 1. The summed E-state index contributed by atoms with van der Waals surface area (Å²) in [4.78, 5) is 13.3. The van der Waals surface area contributed by atoms with Gasteiger partial charge in [0.25, 0.3) is 0 Å². The second kappa shape index (κ2) is 4.04. The minimum Gasteiger partial charge on any atom is -0.506 e. The topological polar surface area (TPSA) is 49.8 Å². The van der Waals surface area contributed by atoms with Crippen LogP contribution in [-0.4, -0.2) is 31.3 Å². The van der Waals surface area contributed by atoms with Gasteiger partial charge >= 0.3 is 5.97 Å². The van der Waals surface area contributed by atoms with E-state index >= 15 is 0 Å². The highest BCUT2D eigenvalue weighted by Gasteiger charge is 2.31. The van der Waals surface area contributed by atoms with Crippen molar-refractivity contribution in [3.63, 3.8) is 0 Å². The molecule has 0 aromatic heterocycles. The molecule has 0 aliphatic carbocycles. The van der Waals surface area contributed by atoms with Gasteiger partial charge in [-0.05, 0) is 24.5 Å². The number of fused-ring (bicyclic) bond motifs is 1. The standard InChI is InChI=1S/C12H15NO3/c1-13-9(12(15)16-2)7-6-8-4-3-5-10(14)11(8)13/h3-5,9,14H,6-7H2,1-2H3. The maximum Gasteiger partial charge on any atom is 0.328 e. The fourth-order valence-corrected chi connectivity index (χ4v) is 2.24. The molecule has 1 aromatic carbocycles. The van der Waals surface area contributed by atoms with E-state index < -0.39 is 0 Å². The average Bonchev–Trinajstić information content (AvgIpc) is 2.28. The van der Waals surface area contributed by atoms with Crippen molar-refractivity contribution in [1.29, 1.82) is 0 Å². The molecule has 1 atom stereocenters. The highest BCUT2D eigenvalue weighted by molar-refractivity contribution is 5.82. The number of likely N-dealkylation sites (N-methyl/N-ethyl adjacent to an activating group) is 1. The molecule has 1 N–H and O–H groups in total. The van der Waals surface area contributed by atoms with Crippen LogP contribution in [0.5, 0.6) is 5.75 Å². The van der Waals surface area contributed by atoms with Crippen molar-refractivity contribution in [2.45, 2.75) is 18.9 Å². The molecule has 0 spiro atoms. The van der Waals surface area contributed by atoms with Crippen LogP contribution in [0.4, 0.5) is 5.69 Å². The van der Waals surface area contributed by atoms with Crippen molar-refractivity contribution >= 4 is 11.7 Å². The third-order valence-electron chi connectivity index (χ3n) is 3.08. The Morgan fingerprint density at radius 2 is 2.31 bits per heavy atom. The fraction of sp³-hybridized carbons (Fsp3) is 0.417. The number of carbonyl (C=O) groups is 1. The van der Waals surface area contributed by atoms with Crippen LogP contribution >= 0.6 is 0 Å². The number of phenolic OH excluding ortho intramolecular Hbond substituents is 1. The lowest BCUT2D eigenvalue weighted by molar-refractivity contribution is -0.142. The summed E-state index contributed by atoms with van der Waals surface area (Å²) in [5, 5.41) is 9.81. The molecular weight excluding hydrogens is 206 g/mol. The number of para-hydroxylation sites is 1. The Bertz CT molecular complexity index is 417. The predicted octanol–water partition coefficient (Wildman–Crippen LogP) is 1.32. The van der Waals surface area contributed by atoms with E-state index in [-0.39, 0.29) is 17.8 Å². The third-order valence-corrected chi connectivity index (χ3v) is 3.08. The first-order valence-electron chi connectivity index (χ1n) is 5.26. The average molecular weight is 221 g/mol. The van der Waals surface area contributed by atoms with Crippen LogP contribution in [0.3, 0.4) is 0 Å². The van der Waals surface area contributed by atoms with Gasteiger partial charge in [-0.15, -0.1) is 0 Å². The van der Waals surface area contributed by atoms with E-state index in [9.17, 15) is 9.90 Å². The Kier molecular flexibility index (Phi) is 2.73. The molecule has 2 rings (SSSR count). The summed E-state index contributed by atoms with van der Waals surface area (Å²) >= 11 is 0. The molecule has 0 saturated heterocycles. The van der Waals surface area contributed by atoms with Crippen LogP contribution in [-0.2, 0) is 16.0 Å². The first-order valence-corrected chi connectivity index (χ1v) is 5.26. The highest BCUT2D eigenvalue weighted by Crippen LogP contribution is 2.36. The maximum atomic E-state index is 11.6. The summed E-state index contributed by atoms with van der Waals surface area (Å²) in [6, 6.07) is 5.12. The Labute approximate surface area is 94.4 Å². The number of aryl methyl sites for hydroxylation is 1. The number of aromatic hydroxyl groups is 1. The van der Waals surface area contributed by atoms with E-state index in [1.807, 2.05) is 12.1 Å². The first-order chi connectivity index (χ1) is 7.65. The van der Waals surface area contributed by atoms with Crippen molar-refractivity contribution in [3.05, 3.63) is 23.8 Å². The lowest BCUT2D eigenvalue weighted by atomic mass is 9.96. The van der Waals surface area contributed by atoms with Gasteiger partial charge in [-0.25, -0.2) is 4.79 Å². The Morgan fingerprint density at radius 1 is 1.56 bits per heavy atom. The molecule has 0 saturated carbocycles. The summed E-state index contributed by atoms with van der Waals surface area (Å²) in [5.41, 5.74) is 1.81. The van der Waals surface area contributed by atoms with Gasteiger partial charge in [0.15, 0.2) is 0 Å². The van der Waals surface area contributed by atoms with E-state index in [4.69, 9.17) is 4.74 Å². The molecule has 0 bridgehead atoms. The Balaban J connectivity index is 2.38. The zero-order valence-corrected chi connectivity index (χ0v) is 9.43. The van der Waals surface area contributed by atoms with Gasteiger partial charge < -0.3 is 14.7 Å². The van der Waals surface area contributed by atoms with Gasteiger partial charge in [0.2, 0.25) is 0 Å². The van der Waals surface area contributed by atoms with Crippen LogP contribution in [0.25, 0.3) is 0 Å². The predicted molar refractivity (Wildman–Crippen MR) is 60.6 cm³/mol. The lowest BCUT2D eigenvalue weighted by Crippen LogP contribution is -2.42. The highest BCUT2D eigenvalue weighted by atomic mass is 16.5. The van der Waals surface area contributed by atoms with E-state index in [1.165, 1.54) is 7.11 Å². The Morgan fingerprint density at radius 3 is 3.00 bits per heavy atom. The zero-order chi connectivity index (χ0) is 11.7. The molecule has 1 aliphatic heterocycles. The summed E-state index contributed by atoms with van der Waals surface area (Å²) < 4.78 is 4.75. The van der Waals surface area contributed by atoms with Crippen LogP contribution in [0.1, 0.15) is 12.0 Å². The lowest BCUT2D eigenvalue weighted by Gasteiger charge is -2.34. The molecule has 1 aromatic rings. The Hall–Kier alpha value is -1.71. The van der Waals surface area contributed by atoms with Crippen molar-refractivity contribution in [3.8, 4) is 5.75 Å². The summed E-state index contributed by atoms with van der Waals surface area (Å²) in [5.74, 6) is -0.0370. The molecule has 86 valence electrons. The SMILES string of the molecule is COC(=O)C1CCc2cccc(O)c2N1C. The van der Waals surface area contributed by atoms with Crippen LogP contribution in [0.15, 0.2) is 18.2 Å². The van der Waals surface area contributed by atoms with Gasteiger partial charge in [-0.3, -0.25) is 0 Å². The second-order valence-electron chi connectivity index (χ2n) is 3.97. The maximum absolute atomic E-state index is 11.6. The monoisotopic (exact) mass is 221 g/mol. The fourth-order valence-electron chi connectivity index (χ4n) is 2.24. The number of hydrogen-bond acceptors (Lipinski definition) is 4. The van der Waals surface area contributed by atoms with Gasteiger partial charge in [0.1, 0.15) is 11.8 Å². The molecule has 1 aliphatic rings. The van der Waals surface area contributed by atoms with E-state index in [0.717, 1.165) is 24.1 Å². The largest absolute Gasteiger partial charge is 0.506 e. The first kappa shape index (κ1) is 10.8. The number of phenols is 1. The number of hydrogen-bond donors (Lipinski definition) is 1. The summed E-state index contributed by atoms with van der Waals surface area (Å²) in [7, 11) is 3.19. The minimum absolute atomic E-state index is 0.216. The number of anilines is 1. The van der Waals surface area contributed by atoms with Gasteiger partial charge in [-0.2, -0.15) is 0 Å². The molecule has 1 heterocycles. The molecular formula is C12H15NO3. The molecule has 4 heteroatoms. The van der Waals surface area contributed by atoms with Crippen LogP contribution in [0.2, 0.25) is 0 Å². The summed E-state index contributed by atoms with van der Waals surface area (Å²) in [6.07, 6.45) is 1.51. The number of benzene rings is 1. The van der Waals surface area contributed by atoms with Crippen LogP contribution < -0.4 is 4.90 Å². The van der Waals surface area contributed by atoms with E-state index in [1.54, 1.807) is 18.0 Å². The van der Waals surface area contributed by atoms with Crippen molar-refractivity contribution < 1.29 is 14.6 Å². The van der Waals surface area contributed by atoms with Gasteiger partial charge in [0.05, 0.1) is 12.8 Å². The minimum atomic E-state index is -0.300. The zero-order valence-electron chi connectivity index (χ0n) is 9.43. The molecule has 0 amide bonds. The van der Waals surface area contributed by atoms with E-state index in [2.05, 4.69) is 0 Å². The summed E-state index contributed by atoms with van der Waals surface area (Å²) in [6.45, 7) is 0. The number of ether oxygens (including phenoxy) is 1. The molecule has 16 heavy (non-hydrogen) atoms. The van der Waals surface area contributed by atoms with Gasteiger partial charge in [0, 0.05) is 7.05 Å². The van der Waals surface area contributed by atoms with Crippen molar-refractivity contribution in [1.82, 2.24) is 0 Å².